The van der Waals surface area contributed by atoms with Crippen LogP contribution in [-0.2, 0) is 22.8 Å². The number of likely N-dealkylation sites (N-methyl/N-ethyl adjacent to an activating group) is 1. The molecule has 11 heteroatoms. The maximum absolute atomic E-state index is 13.3. The van der Waals surface area contributed by atoms with Gasteiger partial charge in [-0.1, -0.05) is 12.0 Å². The molecule has 0 aromatic heterocycles. The van der Waals surface area contributed by atoms with Gasteiger partial charge in [-0.15, -0.1) is 0 Å². The summed E-state index contributed by atoms with van der Waals surface area (Å²) in [5, 5.41) is 24.1. The molecule has 7 rings (SSSR count). The Labute approximate surface area is 240 Å². The number of amides is 1. The first kappa shape index (κ1) is 27.1. The van der Waals surface area contributed by atoms with Gasteiger partial charge in [0, 0.05) is 42.0 Å². The van der Waals surface area contributed by atoms with Crippen LogP contribution in [0.2, 0.25) is 0 Å². The zero-order chi connectivity index (χ0) is 29.6. The average molecular weight is 582 g/mol. The van der Waals surface area contributed by atoms with Crippen LogP contribution < -0.4 is 4.74 Å². The first-order valence-electron chi connectivity index (χ1n) is 14.3. The van der Waals surface area contributed by atoms with Crippen LogP contribution >= 0.6 is 0 Å². The van der Waals surface area contributed by atoms with Gasteiger partial charge in [-0.2, -0.15) is 13.2 Å². The molecule has 0 radical (unpaired) electrons. The van der Waals surface area contributed by atoms with Gasteiger partial charge in [-0.3, -0.25) is 19.8 Å². The van der Waals surface area contributed by atoms with E-state index in [4.69, 9.17) is 4.74 Å². The number of phenols is 1. The molecule has 1 amide bonds. The van der Waals surface area contributed by atoms with Crippen molar-refractivity contribution < 1.29 is 32.7 Å². The lowest BCUT2D eigenvalue weighted by atomic mass is 9.46. The van der Waals surface area contributed by atoms with E-state index in [1.54, 1.807) is 13.1 Å². The fourth-order valence-electron chi connectivity index (χ4n) is 8.33. The first-order chi connectivity index (χ1) is 20.0. The molecule has 1 N–H and O–H groups in total. The third-order valence-electron chi connectivity index (χ3n) is 10.4. The molecule has 3 fully saturated rings. The summed E-state index contributed by atoms with van der Waals surface area (Å²) in [6.45, 7) is 1.51. The highest BCUT2D eigenvalue weighted by atomic mass is 19.4. The maximum Gasteiger partial charge on any atom is 0.416 e. The van der Waals surface area contributed by atoms with Crippen molar-refractivity contribution in [3.63, 3.8) is 0 Å². The molecular formula is C31H30F3N3O5. The lowest BCUT2D eigenvalue weighted by Crippen LogP contribution is -2.80. The lowest BCUT2D eigenvalue weighted by Gasteiger charge is -2.61. The van der Waals surface area contributed by atoms with Gasteiger partial charge >= 0.3 is 6.18 Å². The van der Waals surface area contributed by atoms with Gasteiger partial charge in [0.1, 0.15) is 11.5 Å². The van der Waals surface area contributed by atoms with Crippen molar-refractivity contribution in [1.29, 1.82) is 0 Å². The number of rotatable bonds is 4. The molecule has 220 valence electrons. The highest BCUT2D eigenvalue weighted by molar-refractivity contribution is 5.94. The number of benzene rings is 2. The number of ether oxygens (including phenoxy) is 1. The minimum Gasteiger partial charge on any atom is -0.504 e. The minimum absolute atomic E-state index is 0.0662. The molecular weight excluding hydrogens is 551 g/mol. The van der Waals surface area contributed by atoms with Gasteiger partial charge in [-0.05, 0) is 80.5 Å². The summed E-state index contributed by atoms with van der Waals surface area (Å²) in [5.41, 5.74) is -1.24. The summed E-state index contributed by atoms with van der Waals surface area (Å²) in [5.74, 6) is 5.40. The normalized spacial score (nSPS) is 30.9. The molecule has 2 heterocycles. The highest BCUT2D eigenvalue weighted by Crippen LogP contribution is 2.67. The monoisotopic (exact) mass is 581 g/mol. The van der Waals surface area contributed by atoms with Crippen molar-refractivity contribution >= 4 is 5.91 Å². The van der Waals surface area contributed by atoms with Crippen LogP contribution in [0.3, 0.4) is 0 Å². The molecule has 2 aromatic carbocycles. The Hall–Kier alpha value is -3.78. The Bertz CT molecular complexity index is 1550. The van der Waals surface area contributed by atoms with Crippen LogP contribution in [0.25, 0.3) is 0 Å². The Morgan fingerprint density at radius 2 is 1.93 bits per heavy atom. The first-order valence-corrected chi connectivity index (χ1v) is 14.3. The fraction of sp³-hybridized carbons (Fsp3) is 0.516. The van der Waals surface area contributed by atoms with Crippen molar-refractivity contribution in [2.24, 2.45) is 5.92 Å². The largest absolute Gasteiger partial charge is 0.504 e. The summed E-state index contributed by atoms with van der Waals surface area (Å²) in [6.07, 6.45) is -1.41. The third-order valence-corrected chi connectivity index (χ3v) is 10.4. The number of nitro groups is 1. The second-order valence-corrected chi connectivity index (χ2v) is 12.4. The van der Waals surface area contributed by atoms with Gasteiger partial charge in [0.05, 0.1) is 17.6 Å². The number of aromatic hydroxyl groups is 1. The summed E-state index contributed by atoms with van der Waals surface area (Å²) >= 11 is 0. The van der Waals surface area contributed by atoms with E-state index < -0.39 is 40.7 Å². The topological polar surface area (TPSA) is 96.2 Å². The van der Waals surface area contributed by atoms with E-state index in [2.05, 4.69) is 16.7 Å². The van der Waals surface area contributed by atoms with Gasteiger partial charge in [0.2, 0.25) is 0 Å². The van der Waals surface area contributed by atoms with Gasteiger partial charge in [0.15, 0.2) is 11.5 Å². The zero-order valence-electron chi connectivity index (χ0n) is 23.0. The molecule has 2 aliphatic heterocycles. The van der Waals surface area contributed by atoms with Crippen molar-refractivity contribution in [2.75, 3.05) is 20.1 Å². The van der Waals surface area contributed by atoms with Crippen molar-refractivity contribution in [2.45, 2.75) is 73.8 Å². The highest BCUT2D eigenvalue weighted by Gasteiger charge is 2.80. The predicted molar refractivity (Wildman–Crippen MR) is 144 cm³/mol. The van der Waals surface area contributed by atoms with Gasteiger partial charge < -0.3 is 14.7 Å². The number of phenolic OH excluding ortho intramolecular Hbond substituents is 1. The Morgan fingerprint density at radius 1 is 1.19 bits per heavy atom. The molecule has 5 atom stereocenters. The molecule has 3 aliphatic carbocycles. The number of hydrogen-bond donors (Lipinski definition) is 1. The Balaban J connectivity index is 1.25. The number of alkyl halides is 3. The molecule has 8 nitrogen and oxygen atoms in total. The smallest absolute Gasteiger partial charge is 0.416 e. The standard InChI is InChI=1S/C31H30F3N3O5/c1-35(25(39)11-6-18-4-8-21(9-5-18)31(32,33)34)22-12-13-30(37(40)41)24-16-20-7-10-23(38)27-26(20)29(30,28(22)42-27)14-15-36(24)17-19-2-3-19/h4-5,7-10,19,22,24,28,38H,2-3,12-17H2,1H3/t22-,24-,28+,29+,30-/m1/s1. The van der Waals surface area contributed by atoms with Crippen LogP contribution in [0.5, 0.6) is 11.5 Å². The number of likely N-dealkylation sites (tertiary alicyclic amines) is 1. The number of nitrogens with zero attached hydrogens (tertiary/aromatic N) is 3. The number of halogens is 3. The van der Waals surface area contributed by atoms with Crippen LogP contribution in [0, 0.1) is 27.9 Å². The van der Waals surface area contributed by atoms with Crippen molar-refractivity contribution in [1.82, 2.24) is 9.80 Å². The summed E-state index contributed by atoms with van der Waals surface area (Å²) < 4.78 is 45.2. The van der Waals surface area contributed by atoms with Crippen LogP contribution in [0.15, 0.2) is 36.4 Å². The van der Waals surface area contributed by atoms with Gasteiger partial charge in [-0.25, -0.2) is 0 Å². The number of hydrogen-bond acceptors (Lipinski definition) is 6. The molecule has 1 spiro atoms. The van der Waals surface area contributed by atoms with E-state index in [-0.39, 0.29) is 34.4 Å². The molecule has 2 saturated carbocycles. The number of carbonyl (C=O) groups is 1. The lowest BCUT2D eigenvalue weighted by molar-refractivity contribution is -0.606. The average Bonchev–Trinajstić information content (AvgIpc) is 3.71. The fourth-order valence-corrected chi connectivity index (χ4v) is 8.33. The molecule has 2 aromatic rings. The predicted octanol–water partition coefficient (Wildman–Crippen LogP) is 4.14. The van der Waals surface area contributed by atoms with E-state index in [0.717, 1.165) is 37.1 Å². The van der Waals surface area contributed by atoms with Gasteiger partial charge in [0.25, 0.3) is 11.4 Å². The van der Waals surface area contributed by atoms with Crippen LogP contribution in [0.4, 0.5) is 13.2 Å². The van der Waals surface area contributed by atoms with E-state index in [9.17, 15) is 33.2 Å². The minimum atomic E-state index is -4.47. The number of carbonyl (C=O) groups excluding carboxylic acids is 1. The van der Waals surface area contributed by atoms with Crippen molar-refractivity contribution in [3.05, 3.63) is 68.8 Å². The number of piperidine rings is 1. The second kappa shape index (κ2) is 9.11. The summed E-state index contributed by atoms with van der Waals surface area (Å²) in [4.78, 5) is 30.3. The second-order valence-electron chi connectivity index (χ2n) is 12.4. The summed E-state index contributed by atoms with van der Waals surface area (Å²) in [7, 11) is 1.58. The molecule has 5 aliphatic rings. The van der Waals surface area contributed by atoms with E-state index in [1.807, 2.05) is 6.07 Å². The zero-order valence-corrected chi connectivity index (χ0v) is 23.0. The van der Waals surface area contributed by atoms with Crippen LogP contribution in [0.1, 0.15) is 54.4 Å². The maximum atomic E-state index is 13.3. The van der Waals surface area contributed by atoms with E-state index in [1.165, 1.54) is 17.0 Å². The molecule has 2 bridgehead atoms. The quantitative estimate of drug-likeness (QED) is 0.331. The van der Waals surface area contributed by atoms with Crippen molar-refractivity contribution in [3.8, 4) is 23.3 Å². The van der Waals surface area contributed by atoms with Crippen LogP contribution in [-0.4, -0.2) is 69.6 Å². The Kier molecular flexibility index (Phi) is 5.87. The SMILES string of the molecule is CN(C(=O)C#Cc1ccc(C(F)(F)F)cc1)[C@@H]1CC[C@@]2([N+](=O)[O-])[C@H]3Cc4ccc(O)c5c4[C@@]2(CCN3CC2CC2)[C@H]1O5. The molecule has 42 heavy (non-hydrogen) atoms. The van der Waals surface area contributed by atoms with E-state index in [0.29, 0.717) is 37.3 Å². The summed E-state index contributed by atoms with van der Waals surface area (Å²) in [6, 6.07) is 6.82. The Morgan fingerprint density at radius 3 is 2.60 bits per heavy atom. The van der Waals surface area contributed by atoms with E-state index >= 15 is 0 Å². The molecule has 1 saturated heterocycles. The molecule has 0 unspecified atom stereocenters. The third kappa shape index (κ3) is 3.70.